The van der Waals surface area contributed by atoms with Gasteiger partial charge in [-0.1, -0.05) is 30.3 Å². The quantitative estimate of drug-likeness (QED) is 0.862. The molecule has 2 heterocycles. The third-order valence-electron chi connectivity index (χ3n) is 5.83. The average Bonchev–Trinajstić information content (AvgIpc) is 3.22. The molecule has 1 aliphatic heterocycles. The number of anilines is 1. The van der Waals surface area contributed by atoms with Crippen LogP contribution in [0.3, 0.4) is 0 Å². The van der Waals surface area contributed by atoms with Crippen LogP contribution in [0.4, 0.5) is 5.82 Å². The minimum Gasteiger partial charge on any atom is -0.395 e. The van der Waals surface area contributed by atoms with Crippen molar-refractivity contribution in [3.05, 3.63) is 41.6 Å². The lowest BCUT2D eigenvalue weighted by Gasteiger charge is -2.35. The van der Waals surface area contributed by atoms with Crippen molar-refractivity contribution >= 4 is 11.7 Å². The van der Waals surface area contributed by atoms with Crippen LogP contribution in [0.25, 0.3) is 11.4 Å². The zero-order valence-electron chi connectivity index (χ0n) is 16.5. The van der Waals surface area contributed by atoms with Crippen molar-refractivity contribution in [3.8, 4) is 11.4 Å². The number of rotatable bonds is 5. The number of carbonyl (C=O) groups excluding carboxylic acids is 1. The first-order valence-electron chi connectivity index (χ1n) is 10.2. The second-order valence-corrected chi connectivity index (χ2v) is 7.78. The third kappa shape index (κ3) is 3.74. The number of nitrogens with zero attached hydrogens (tertiary/aromatic N) is 4. The fourth-order valence-corrected chi connectivity index (χ4v) is 4.33. The Bertz CT molecular complexity index is 840. The van der Waals surface area contributed by atoms with Crippen molar-refractivity contribution < 1.29 is 9.90 Å². The molecule has 6 nitrogen and oxygen atoms in total. The summed E-state index contributed by atoms with van der Waals surface area (Å²) in [6.45, 7) is 1.99. The predicted molar refractivity (Wildman–Crippen MR) is 109 cm³/mol. The predicted octanol–water partition coefficient (Wildman–Crippen LogP) is 2.30. The molecule has 0 unspecified atom stereocenters. The number of hydrogen-bond donors (Lipinski definition) is 1. The Morgan fingerprint density at radius 1 is 1.21 bits per heavy atom. The summed E-state index contributed by atoms with van der Waals surface area (Å²) in [4.78, 5) is 26.5. The Labute approximate surface area is 166 Å². The van der Waals surface area contributed by atoms with E-state index in [1.807, 2.05) is 30.3 Å². The second-order valence-electron chi connectivity index (χ2n) is 7.78. The molecule has 1 fully saturated rings. The van der Waals surface area contributed by atoms with Crippen molar-refractivity contribution in [3.63, 3.8) is 0 Å². The van der Waals surface area contributed by atoms with Crippen molar-refractivity contribution in [1.29, 1.82) is 0 Å². The summed E-state index contributed by atoms with van der Waals surface area (Å²) in [5.41, 5.74) is 3.46. The molecule has 1 N–H and O–H groups in total. The molecule has 1 saturated heterocycles. The van der Waals surface area contributed by atoms with Gasteiger partial charge < -0.3 is 14.9 Å². The lowest BCUT2D eigenvalue weighted by atomic mass is 9.96. The van der Waals surface area contributed by atoms with E-state index in [0.29, 0.717) is 13.1 Å². The molecule has 1 aliphatic carbocycles. The molecule has 1 atom stereocenters. The Balaban J connectivity index is 1.63. The number of aromatic nitrogens is 2. The Hall–Kier alpha value is -2.47. The van der Waals surface area contributed by atoms with E-state index in [9.17, 15) is 4.79 Å². The molecule has 2 aliphatic rings. The highest BCUT2D eigenvalue weighted by atomic mass is 16.3. The first-order valence-corrected chi connectivity index (χ1v) is 10.2. The van der Waals surface area contributed by atoms with E-state index in [4.69, 9.17) is 15.1 Å². The largest absolute Gasteiger partial charge is 0.395 e. The van der Waals surface area contributed by atoms with Gasteiger partial charge in [-0.05, 0) is 32.1 Å². The molecular formula is C22H28N4O2. The maximum absolute atomic E-state index is 12.7. The maximum atomic E-state index is 12.7. The number of benzene rings is 1. The molecule has 1 amide bonds. The van der Waals surface area contributed by atoms with Crippen LogP contribution >= 0.6 is 0 Å². The summed E-state index contributed by atoms with van der Waals surface area (Å²) in [5.74, 6) is 1.87. The Morgan fingerprint density at radius 3 is 2.82 bits per heavy atom. The molecule has 0 bridgehead atoms. The normalized spacial score (nSPS) is 18.8. The van der Waals surface area contributed by atoms with Gasteiger partial charge in [-0.3, -0.25) is 4.79 Å². The minimum atomic E-state index is -0.0440. The van der Waals surface area contributed by atoms with E-state index in [0.717, 1.165) is 61.5 Å². The lowest BCUT2D eigenvalue weighted by Crippen LogP contribution is -2.45. The van der Waals surface area contributed by atoms with Crippen LogP contribution in [0.1, 0.15) is 30.5 Å². The molecule has 148 valence electrons. The Morgan fingerprint density at radius 2 is 2.04 bits per heavy atom. The van der Waals surface area contributed by atoms with Gasteiger partial charge in [-0.2, -0.15) is 0 Å². The number of piperidine rings is 1. The van der Waals surface area contributed by atoms with Gasteiger partial charge in [0.25, 0.3) is 0 Å². The molecule has 0 spiro atoms. The van der Waals surface area contributed by atoms with Gasteiger partial charge in [-0.25, -0.2) is 9.97 Å². The summed E-state index contributed by atoms with van der Waals surface area (Å²) < 4.78 is 0. The molecule has 6 heteroatoms. The maximum Gasteiger partial charge on any atom is 0.227 e. The monoisotopic (exact) mass is 380 g/mol. The highest BCUT2D eigenvalue weighted by Gasteiger charge is 2.31. The number of carbonyl (C=O) groups is 1. The van der Waals surface area contributed by atoms with Gasteiger partial charge >= 0.3 is 0 Å². The van der Waals surface area contributed by atoms with Gasteiger partial charge in [0.1, 0.15) is 5.82 Å². The Kier molecular flexibility index (Phi) is 5.57. The standard InChI is InChI=1S/C22H28N4O2/c1-25(13-14-27)22(28)17-9-6-12-26(15-17)21-18-10-5-11-19(18)23-20(24-21)16-7-3-2-4-8-16/h2-4,7-8,17,27H,5-6,9-15H2,1H3/t17-/m0/s1. The van der Waals surface area contributed by atoms with Crippen molar-refractivity contribution in [2.75, 3.05) is 38.2 Å². The minimum absolute atomic E-state index is 0.00146. The van der Waals surface area contributed by atoms with Crippen molar-refractivity contribution in [2.24, 2.45) is 5.92 Å². The molecule has 1 aromatic carbocycles. The van der Waals surface area contributed by atoms with Crippen molar-refractivity contribution in [1.82, 2.24) is 14.9 Å². The van der Waals surface area contributed by atoms with Gasteiger partial charge in [0, 0.05) is 43.5 Å². The summed E-state index contributed by atoms with van der Waals surface area (Å²) in [6, 6.07) is 10.1. The van der Waals surface area contributed by atoms with Gasteiger partial charge in [0.05, 0.1) is 12.5 Å². The van der Waals surface area contributed by atoms with Gasteiger partial charge in [0.15, 0.2) is 5.82 Å². The molecule has 0 radical (unpaired) electrons. The van der Waals surface area contributed by atoms with Crippen LogP contribution in [-0.4, -0.2) is 59.2 Å². The molecule has 28 heavy (non-hydrogen) atoms. The number of likely N-dealkylation sites (N-methyl/N-ethyl adjacent to an activating group) is 1. The smallest absolute Gasteiger partial charge is 0.227 e. The third-order valence-corrected chi connectivity index (χ3v) is 5.83. The topological polar surface area (TPSA) is 69.6 Å². The fraction of sp³-hybridized carbons (Fsp3) is 0.500. The van der Waals surface area contributed by atoms with Crippen LogP contribution in [-0.2, 0) is 17.6 Å². The average molecular weight is 380 g/mol. The molecule has 4 rings (SSSR count). The van der Waals surface area contributed by atoms with E-state index in [-0.39, 0.29) is 18.4 Å². The van der Waals surface area contributed by atoms with Crippen LogP contribution in [0, 0.1) is 5.92 Å². The summed E-state index contributed by atoms with van der Waals surface area (Å²) >= 11 is 0. The van der Waals surface area contributed by atoms with Crippen LogP contribution in [0.2, 0.25) is 0 Å². The number of aliphatic hydroxyl groups excluding tert-OH is 1. The second kappa shape index (κ2) is 8.27. The van der Waals surface area contributed by atoms with Crippen LogP contribution in [0.5, 0.6) is 0 Å². The number of hydrogen-bond acceptors (Lipinski definition) is 5. The van der Waals surface area contributed by atoms with Crippen LogP contribution < -0.4 is 4.90 Å². The van der Waals surface area contributed by atoms with Crippen molar-refractivity contribution in [2.45, 2.75) is 32.1 Å². The summed E-state index contributed by atoms with van der Waals surface area (Å²) in [5, 5.41) is 9.14. The zero-order chi connectivity index (χ0) is 19.5. The molecule has 2 aromatic rings. The number of fused-ring (bicyclic) bond motifs is 1. The SMILES string of the molecule is CN(CCO)C(=O)[C@H]1CCCN(c2nc(-c3ccccc3)nc3c2CCC3)C1. The fourth-order valence-electron chi connectivity index (χ4n) is 4.33. The van der Waals surface area contributed by atoms with E-state index in [2.05, 4.69) is 4.90 Å². The summed E-state index contributed by atoms with van der Waals surface area (Å²) in [6.07, 6.45) is 5.00. The summed E-state index contributed by atoms with van der Waals surface area (Å²) in [7, 11) is 1.77. The number of aliphatic hydroxyl groups is 1. The highest BCUT2D eigenvalue weighted by Crippen LogP contribution is 2.33. The highest BCUT2D eigenvalue weighted by molar-refractivity contribution is 5.79. The first-order chi connectivity index (χ1) is 13.7. The van der Waals surface area contributed by atoms with Crippen LogP contribution in [0.15, 0.2) is 30.3 Å². The van der Waals surface area contributed by atoms with E-state index in [1.54, 1.807) is 11.9 Å². The van der Waals surface area contributed by atoms with E-state index >= 15 is 0 Å². The molecule has 1 aromatic heterocycles. The van der Waals surface area contributed by atoms with Gasteiger partial charge in [0.2, 0.25) is 5.91 Å². The lowest BCUT2D eigenvalue weighted by molar-refractivity contribution is -0.134. The first kappa shape index (κ1) is 18.9. The number of aryl methyl sites for hydroxylation is 1. The molecular weight excluding hydrogens is 352 g/mol. The number of amides is 1. The molecule has 0 saturated carbocycles. The van der Waals surface area contributed by atoms with E-state index in [1.165, 1.54) is 5.56 Å². The van der Waals surface area contributed by atoms with E-state index < -0.39 is 0 Å². The zero-order valence-corrected chi connectivity index (χ0v) is 16.5. The van der Waals surface area contributed by atoms with Gasteiger partial charge in [-0.15, -0.1) is 0 Å².